The largest absolute Gasteiger partial charge is 0.396 e. The van der Waals surface area contributed by atoms with Crippen molar-refractivity contribution in [3.63, 3.8) is 0 Å². The molecule has 0 aliphatic heterocycles. The van der Waals surface area contributed by atoms with Gasteiger partial charge in [0.2, 0.25) is 0 Å². The maximum absolute atomic E-state index is 12.8. The predicted octanol–water partition coefficient (Wildman–Crippen LogP) is 2.68. The quantitative estimate of drug-likeness (QED) is 0.862. The maximum atomic E-state index is 12.8. The minimum atomic E-state index is -0.254. The van der Waals surface area contributed by atoms with Crippen molar-refractivity contribution in [2.45, 2.75) is 19.9 Å². The summed E-state index contributed by atoms with van der Waals surface area (Å²) in [5, 5.41) is 4.37. The van der Waals surface area contributed by atoms with Crippen LogP contribution < -0.4 is 5.73 Å². The number of nitrogen functional groups attached to an aromatic ring is 1. The lowest BCUT2D eigenvalue weighted by Gasteiger charge is -1.98. The molecule has 3 nitrogen and oxygen atoms in total. The van der Waals surface area contributed by atoms with Crippen LogP contribution in [0, 0.1) is 5.82 Å². The van der Waals surface area contributed by atoms with Crippen LogP contribution in [0.4, 0.5) is 10.1 Å². The Hall–Kier alpha value is -1.84. The number of aromatic nitrogens is 2. The highest BCUT2D eigenvalue weighted by Gasteiger charge is 2.07. The highest BCUT2D eigenvalue weighted by molar-refractivity contribution is 5.71. The molecule has 16 heavy (non-hydrogen) atoms. The second-order valence-corrected chi connectivity index (χ2v) is 3.70. The molecule has 0 aliphatic carbocycles. The van der Waals surface area contributed by atoms with Gasteiger partial charge in [-0.15, -0.1) is 0 Å². The fourth-order valence-corrected chi connectivity index (χ4v) is 1.61. The molecule has 84 valence electrons. The summed E-state index contributed by atoms with van der Waals surface area (Å²) in [6.45, 7) is 2.92. The standard InChI is InChI=1S/C12H14FN3/c1-2-7-16-8-11(14)12(15-16)9-3-5-10(13)6-4-9/h3-6,8H,2,7,14H2,1H3. The number of nitrogens with two attached hydrogens (primary N) is 1. The Kier molecular flexibility index (Phi) is 2.90. The zero-order valence-electron chi connectivity index (χ0n) is 9.15. The summed E-state index contributed by atoms with van der Waals surface area (Å²) in [7, 11) is 0. The lowest BCUT2D eigenvalue weighted by molar-refractivity contribution is 0.604. The van der Waals surface area contributed by atoms with Gasteiger partial charge in [-0.05, 0) is 30.7 Å². The lowest BCUT2D eigenvalue weighted by atomic mass is 10.1. The van der Waals surface area contributed by atoms with Gasteiger partial charge in [-0.3, -0.25) is 4.68 Å². The minimum absolute atomic E-state index is 0.254. The molecule has 0 fully saturated rings. The molecular weight excluding hydrogens is 205 g/mol. The third kappa shape index (κ3) is 2.05. The van der Waals surface area contributed by atoms with Crippen LogP contribution in [0.3, 0.4) is 0 Å². The van der Waals surface area contributed by atoms with E-state index in [4.69, 9.17) is 5.73 Å². The zero-order valence-corrected chi connectivity index (χ0v) is 9.15. The normalized spacial score (nSPS) is 10.6. The molecule has 4 heteroatoms. The Morgan fingerprint density at radius 3 is 2.62 bits per heavy atom. The van der Waals surface area contributed by atoms with Crippen molar-refractivity contribution < 1.29 is 4.39 Å². The first-order chi connectivity index (χ1) is 7.70. The van der Waals surface area contributed by atoms with Gasteiger partial charge in [0.25, 0.3) is 0 Å². The number of rotatable bonds is 3. The van der Waals surface area contributed by atoms with Gasteiger partial charge < -0.3 is 5.73 Å². The summed E-state index contributed by atoms with van der Waals surface area (Å²) in [4.78, 5) is 0. The van der Waals surface area contributed by atoms with E-state index in [0.717, 1.165) is 18.5 Å². The van der Waals surface area contributed by atoms with Crippen molar-refractivity contribution in [3.05, 3.63) is 36.3 Å². The smallest absolute Gasteiger partial charge is 0.123 e. The van der Waals surface area contributed by atoms with Crippen LogP contribution in [0.1, 0.15) is 13.3 Å². The molecule has 0 unspecified atom stereocenters. The van der Waals surface area contributed by atoms with Crippen LogP contribution in [0.25, 0.3) is 11.3 Å². The van der Waals surface area contributed by atoms with Gasteiger partial charge in [0, 0.05) is 18.3 Å². The van der Waals surface area contributed by atoms with E-state index in [1.807, 2.05) is 10.9 Å². The molecule has 1 heterocycles. The van der Waals surface area contributed by atoms with Crippen LogP contribution in [-0.2, 0) is 6.54 Å². The summed E-state index contributed by atoms with van der Waals surface area (Å²) in [6.07, 6.45) is 2.81. The molecule has 1 aromatic carbocycles. The van der Waals surface area contributed by atoms with E-state index in [1.54, 1.807) is 12.1 Å². The fraction of sp³-hybridized carbons (Fsp3) is 0.250. The number of anilines is 1. The molecule has 2 rings (SSSR count). The molecule has 2 N–H and O–H groups in total. The summed E-state index contributed by atoms with van der Waals surface area (Å²) in [5.74, 6) is -0.254. The third-order valence-electron chi connectivity index (χ3n) is 2.36. The van der Waals surface area contributed by atoms with Gasteiger partial charge in [0.05, 0.1) is 5.69 Å². The minimum Gasteiger partial charge on any atom is -0.396 e. The Bertz CT molecular complexity index is 474. The second kappa shape index (κ2) is 4.35. The van der Waals surface area contributed by atoms with Gasteiger partial charge in [-0.1, -0.05) is 6.92 Å². The van der Waals surface area contributed by atoms with E-state index in [0.29, 0.717) is 11.4 Å². The summed E-state index contributed by atoms with van der Waals surface area (Å²) < 4.78 is 14.6. The van der Waals surface area contributed by atoms with Gasteiger partial charge in [0.1, 0.15) is 11.5 Å². The van der Waals surface area contributed by atoms with Crippen molar-refractivity contribution in [3.8, 4) is 11.3 Å². The van der Waals surface area contributed by atoms with Crippen LogP contribution in [-0.4, -0.2) is 9.78 Å². The van der Waals surface area contributed by atoms with Gasteiger partial charge >= 0.3 is 0 Å². The average Bonchev–Trinajstić information content (AvgIpc) is 2.61. The third-order valence-corrected chi connectivity index (χ3v) is 2.36. The Morgan fingerprint density at radius 1 is 1.31 bits per heavy atom. The first kappa shape index (κ1) is 10.7. The van der Waals surface area contributed by atoms with E-state index in [1.165, 1.54) is 12.1 Å². The lowest BCUT2D eigenvalue weighted by Crippen LogP contribution is -1.96. The first-order valence-corrected chi connectivity index (χ1v) is 5.29. The molecule has 0 radical (unpaired) electrons. The highest BCUT2D eigenvalue weighted by atomic mass is 19.1. The SMILES string of the molecule is CCCn1cc(N)c(-c2ccc(F)cc2)n1. The van der Waals surface area contributed by atoms with Gasteiger partial charge in [-0.2, -0.15) is 5.10 Å². The molecule has 0 spiro atoms. The van der Waals surface area contributed by atoms with Crippen molar-refractivity contribution in [1.29, 1.82) is 0 Å². The topological polar surface area (TPSA) is 43.8 Å². The number of hydrogen-bond donors (Lipinski definition) is 1. The van der Waals surface area contributed by atoms with Gasteiger partial charge in [-0.25, -0.2) is 4.39 Å². The number of nitrogens with zero attached hydrogens (tertiary/aromatic N) is 2. The predicted molar refractivity (Wildman–Crippen MR) is 62.3 cm³/mol. The van der Waals surface area contributed by atoms with Crippen molar-refractivity contribution >= 4 is 5.69 Å². The fourth-order valence-electron chi connectivity index (χ4n) is 1.61. The van der Waals surface area contributed by atoms with Crippen LogP contribution in [0.5, 0.6) is 0 Å². The number of benzene rings is 1. The molecule has 2 aromatic rings. The van der Waals surface area contributed by atoms with Gasteiger partial charge in [0.15, 0.2) is 0 Å². The van der Waals surface area contributed by atoms with Crippen LogP contribution in [0.15, 0.2) is 30.5 Å². The zero-order chi connectivity index (χ0) is 11.5. The van der Waals surface area contributed by atoms with Crippen molar-refractivity contribution in [2.24, 2.45) is 0 Å². The van der Waals surface area contributed by atoms with E-state index >= 15 is 0 Å². The molecule has 0 amide bonds. The maximum Gasteiger partial charge on any atom is 0.123 e. The highest BCUT2D eigenvalue weighted by Crippen LogP contribution is 2.24. The molecule has 0 aliphatic rings. The van der Waals surface area contributed by atoms with Crippen LogP contribution in [0.2, 0.25) is 0 Å². The molecular formula is C12H14FN3. The molecule has 0 atom stereocenters. The Labute approximate surface area is 93.7 Å². The first-order valence-electron chi connectivity index (χ1n) is 5.29. The summed E-state index contributed by atoms with van der Waals surface area (Å²) >= 11 is 0. The summed E-state index contributed by atoms with van der Waals surface area (Å²) in [6, 6.07) is 6.19. The number of aryl methyl sites for hydroxylation is 1. The van der Waals surface area contributed by atoms with Crippen molar-refractivity contribution in [1.82, 2.24) is 9.78 Å². The molecule has 0 saturated carbocycles. The van der Waals surface area contributed by atoms with E-state index in [-0.39, 0.29) is 5.82 Å². The monoisotopic (exact) mass is 219 g/mol. The van der Waals surface area contributed by atoms with E-state index in [9.17, 15) is 4.39 Å². The Morgan fingerprint density at radius 2 is 2.00 bits per heavy atom. The number of halogens is 1. The van der Waals surface area contributed by atoms with E-state index < -0.39 is 0 Å². The molecule has 1 aromatic heterocycles. The summed E-state index contributed by atoms with van der Waals surface area (Å²) in [5.41, 5.74) is 8.05. The number of hydrogen-bond acceptors (Lipinski definition) is 2. The van der Waals surface area contributed by atoms with Crippen LogP contribution >= 0.6 is 0 Å². The molecule has 0 saturated heterocycles. The second-order valence-electron chi connectivity index (χ2n) is 3.70. The van der Waals surface area contributed by atoms with E-state index in [2.05, 4.69) is 12.0 Å². The average molecular weight is 219 g/mol. The Balaban J connectivity index is 2.36. The molecule has 0 bridgehead atoms. The van der Waals surface area contributed by atoms with Crippen molar-refractivity contribution in [2.75, 3.05) is 5.73 Å².